The number of methoxy groups -OCH3 is 2. The summed E-state index contributed by atoms with van der Waals surface area (Å²) < 4.78 is 12.1. The minimum Gasteiger partial charge on any atom is -0.493 e. The molecule has 3 rings (SSSR count). The molecule has 0 saturated carbocycles. The van der Waals surface area contributed by atoms with Crippen LogP contribution in [0.1, 0.15) is 0 Å². The van der Waals surface area contributed by atoms with Gasteiger partial charge in [-0.3, -0.25) is 4.79 Å². The van der Waals surface area contributed by atoms with E-state index >= 15 is 0 Å². The van der Waals surface area contributed by atoms with Crippen molar-refractivity contribution in [2.24, 2.45) is 0 Å². The van der Waals surface area contributed by atoms with E-state index in [1.165, 1.54) is 4.68 Å². The van der Waals surface area contributed by atoms with Gasteiger partial charge in [-0.05, 0) is 29.8 Å². The quantitative estimate of drug-likeness (QED) is 0.632. The molecule has 25 heavy (non-hydrogen) atoms. The van der Waals surface area contributed by atoms with Crippen LogP contribution in [0.15, 0.2) is 48.5 Å². The fourth-order valence-electron chi connectivity index (χ4n) is 2.47. The highest BCUT2D eigenvalue weighted by molar-refractivity contribution is 6.63. The lowest BCUT2D eigenvalue weighted by molar-refractivity contribution is -0.112. The van der Waals surface area contributed by atoms with Crippen LogP contribution in [0.4, 0.5) is 0 Å². The van der Waals surface area contributed by atoms with Crippen molar-refractivity contribution in [1.82, 2.24) is 14.8 Å². The monoisotopic (exact) mass is 357 g/mol. The van der Waals surface area contributed by atoms with Crippen molar-refractivity contribution < 1.29 is 14.3 Å². The second-order valence-electron chi connectivity index (χ2n) is 5.21. The number of hydrogen-bond acceptors (Lipinski definition) is 5. The zero-order valence-electron chi connectivity index (χ0n) is 13.8. The lowest BCUT2D eigenvalue weighted by Gasteiger charge is -2.09. The highest BCUT2D eigenvalue weighted by Crippen LogP contribution is 2.32. The Hall–Kier alpha value is -2.86. The van der Waals surface area contributed by atoms with Crippen molar-refractivity contribution in [1.29, 1.82) is 0 Å². The number of benzene rings is 2. The number of ether oxygens (including phenoxy) is 2. The summed E-state index contributed by atoms with van der Waals surface area (Å²) in [5.74, 6) is 2.21. The zero-order valence-corrected chi connectivity index (χ0v) is 14.5. The van der Waals surface area contributed by atoms with E-state index in [-0.39, 0.29) is 6.54 Å². The predicted octanol–water partition coefficient (Wildman–Crippen LogP) is 3.39. The lowest BCUT2D eigenvalue weighted by Crippen LogP contribution is -2.08. The molecule has 0 spiro atoms. The number of carbonyl (C=O) groups is 1. The van der Waals surface area contributed by atoms with Gasteiger partial charge in [0.25, 0.3) is 0 Å². The van der Waals surface area contributed by atoms with Crippen molar-refractivity contribution in [3.8, 4) is 34.3 Å². The molecule has 0 saturated heterocycles. The molecule has 7 heteroatoms. The van der Waals surface area contributed by atoms with Gasteiger partial charge in [0.1, 0.15) is 6.54 Å². The number of aromatic nitrogens is 3. The van der Waals surface area contributed by atoms with Crippen LogP contribution in [0.2, 0.25) is 0 Å². The molecule has 0 atom stereocenters. The van der Waals surface area contributed by atoms with Gasteiger partial charge in [-0.1, -0.05) is 30.3 Å². The van der Waals surface area contributed by atoms with Gasteiger partial charge < -0.3 is 9.47 Å². The van der Waals surface area contributed by atoms with Crippen LogP contribution >= 0.6 is 11.6 Å². The summed E-state index contributed by atoms with van der Waals surface area (Å²) in [5.41, 5.74) is 1.59. The summed E-state index contributed by atoms with van der Waals surface area (Å²) in [7, 11) is 3.13. The number of halogens is 1. The molecule has 0 unspecified atom stereocenters. The maximum absolute atomic E-state index is 11.4. The van der Waals surface area contributed by atoms with Gasteiger partial charge in [-0.25, -0.2) is 9.67 Å². The number of nitrogens with zero attached hydrogens (tertiary/aromatic N) is 3. The molecule has 0 N–H and O–H groups in total. The summed E-state index contributed by atoms with van der Waals surface area (Å²) in [4.78, 5) is 16.0. The average Bonchev–Trinajstić information content (AvgIpc) is 3.05. The summed E-state index contributed by atoms with van der Waals surface area (Å²) >= 11 is 5.56. The van der Waals surface area contributed by atoms with E-state index in [1.807, 2.05) is 36.4 Å². The first-order valence-corrected chi connectivity index (χ1v) is 7.91. The molecule has 0 aliphatic heterocycles. The first kappa shape index (κ1) is 17.0. The Bertz CT molecular complexity index is 894. The third-order valence-electron chi connectivity index (χ3n) is 3.62. The van der Waals surface area contributed by atoms with Crippen LogP contribution in [0.25, 0.3) is 22.8 Å². The highest BCUT2D eigenvalue weighted by atomic mass is 35.5. The SMILES string of the molecule is COc1ccc(-c2nc(-c3ccccc3)nn2CC(=O)Cl)cc1OC. The Morgan fingerprint density at radius 1 is 1.04 bits per heavy atom. The fraction of sp³-hybridized carbons (Fsp3) is 0.167. The maximum atomic E-state index is 11.4. The van der Waals surface area contributed by atoms with E-state index in [4.69, 9.17) is 21.1 Å². The molecular formula is C18H16ClN3O3. The largest absolute Gasteiger partial charge is 0.493 e. The number of rotatable bonds is 6. The Morgan fingerprint density at radius 3 is 2.40 bits per heavy atom. The Kier molecular flexibility index (Phi) is 5.00. The van der Waals surface area contributed by atoms with Crippen LogP contribution in [-0.4, -0.2) is 34.2 Å². The Balaban J connectivity index is 2.11. The van der Waals surface area contributed by atoms with E-state index in [0.29, 0.717) is 23.1 Å². The van der Waals surface area contributed by atoms with Crippen molar-refractivity contribution in [2.75, 3.05) is 14.2 Å². The topological polar surface area (TPSA) is 66.2 Å². The molecule has 3 aromatic rings. The molecule has 0 aliphatic carbocycles. The first-order valence-electron chi connectivity index (χ1n) is 7.53. The molecule has 1 aromatic heterocycles. The van der Waals surface area contributed by atoms with Gasteiger partial charge in [-0.15, -0.1) is 5.10 Å². The zero-order chi connectivity index (χ0) is 17.8. The second-order valence-corrected chi connectivity index (χ2v) is 5.63. The molecule has 1 heterocycles. The van der Waals surface area contributed by atoms with Gasteiger partial charge in [0.05, 0.1) is 14.2 Å². The fourth-order valence-corrected chi connectivity index (χ4v) is 2.58. The predicted molar refractivity (Wildman–Crippen MR) is 94.9 cm³/mol. The molecule has 0 fully saturated rings. The smallest absolute Gasteiger partial charge is 0.243 e. The Morgan fingerprint density at radius 2 is 1.76 bits per heavy atom. The molecule has 0 bridgehead atoms. The summed E-state index contributed by atoms with van der Waals surface area (Å²) in [6.07, 6.45) is 0. The lowest BCUT2D eigenvalue weighted by atomic mass is 10.2. The van der Waals surface area contributed by atoms with Crippen LogP contribution in [-0.2, 0) is 11.3 Å². The maximum Gasteiger partial charge on any atom is 0.243 e. The molecule has 2 aromatic carbocycles. The van der Waals surface area contributed by atoms with E-state index in [2.05, 4.69) is 10.1 Å². The van der Waals surface area contributed by atoms with Gasteiger partial charge in [0, 0.05) is 11.1 Å². The molecular weight excluding hydrogens is 342 g/mol. The van der Waals surface area contributed by atoms with Crippen LogP contribution in [0.3, 0.4) is 0 Å². The summed E-state index contributed by atoms with van der Waals surface area (Å²) in [6, 6.07) is 14.9. The van der Waals surface area contributed by atoms with Crippen molar-refractivity contribution >= 4 is 16.8 Å². The Labute approximate surface area is 150 Å². The molecule has 0 aliphatic rings. The summed E-state index contributed by atoms with van der Waals surface area (Å²) in [5, 5.41) is 3.90. The van der Waals surface area contributed by atoms with Gasteiger partial charge in [0.2, 0.25) is 5.24 Å². The number of hydrogen-bond donors (Lipinski definition) is 0. The minimum absolute atomic E-state index is 0.0783. The van der Waals surface area contributed by atoms with Crippen LogP contribution < -0.4 is 9.47 Å². The van der Waals surface area contributed by atoms with E-state index in [1.54, 1.807) is 26.4 Å². The normalized spacial score (nSPS) is 10.5. The molecule has 6 nitrogen and oxygen atoms in total. The third-order valence-corrected chi connectivity index (χ3v) is 3.74. The van der Waals surface area contributed by atoms with Gasteiger partial charge >= 0.3 is 0 Å². The first-order chi connectivity index (χ1) is 12.1. The van der Waals surface area contributed by atoms with E-state index < -0.39 is 5.24 Å². The van der Waals surface area contributed by atoms with Gasteiger partial charge in [-0.2, -0.15) is 0 Å². The molecule has 0 amide bonds. The highest BCUT2D eigenvalue weighted by Gasteiger charge is 2.17. The van der Waals surface area contributed by atoms with Crippen LogP contribution in [0.5, 0.6) is 11.5 Å². The molecule has 0 radical (unpaired) electrons. The third kappa shape index (κ3) is 3.64. The van der Waals surface area contributed by atoms with Crippen molar-refractivity contribution in [3.63, 3.8) is 0 Å². The molecule has 128 valence electrons. The van der Waals surface area contributed by atoms with Crippen molar-refractivity contribution in [3.05, 3.63) is 48.5 Å². The summed E-state index contributed by atoms with van der Waals surface area (Å²) in [6.45, 7) is -0.0783. The average molecular weight is 358 g/mol. The van der Waals surface area contributed by atoms with E-state index in [9.17, 15) is 4.79 Å². The standard InChI is InChI=1S/C18H16ClN3O3/c1-24-14-9-8-13(10-15(14)25-2)18-20-17(12-6-4-3-5-7-12)21-22(18)11-16(19)23/h3-10H,11H2,1-2H3. The van der Waals surface area contributed by atoms with Gasteiger partial charge in [0.15, 0.2) is 23.1 Å². The second kappa shape index (κ2) is 7.36. The number of carbonyl (C=O) groups excluding carboxylic acids is 1. The minimum atomic E-state index is -0.522. The van der Waals surface area contributed by atoms with Crippen LogP contribution in [0, 0.1) is 0 Å². The van der Waals surface area contributed by atoms with Crippen molar-refractivity contribution in [2.45, 2.75) is 6.54 Å². The van der Waals surface area contributed by atoms with E-state index in [0.717, 1.165) is 11.1 Å².